The number of amides is 2. The lowest BCUT2D eigenvalue weighted by Crippen LogP contribution is -2.30. The average molecular weight is 400 g/mol. The van der Waals surface area contributed by atoms with Crippen molar-refractivity contribution in [2.45, 2.75) is 39.0 Å². The number of nitrogens with one attached hydrogen (secondary N) is 1. The Morgan fingerprint density at radius 2 is 1.82 bits per heavy atom. The molecule has 3 N–H and O–H groups in total. The number of rotatable bonds is 7. The molecule has 0 unspecified atom stereocenters. The summed E-state index contributed by atoms with van der Waals surface area (Å²) in [5.41, 5.74) is 7.21. The van der Waals surface area contributed by atoms with Gasteiger partial charge in [-0.25, -0.2) is 0 Å². The zero-order chi connectivity index (χ0) is 20.1. The van der Waals surface area contributed by atoms with E-state index < -0.39 is 5.91 Å². The van der Waals surface area contributed by atoms with Gasteiger partial charge < -0.3 is 16.0 Å². The molecular weight excluding hydrogens is 374 g/mol. The zero-order valence-corrected chi connectivity index (χ0v) is 16.8. The molecule has 0 aliphatic carbocycles. The van der Waals surface area contributed by atoms with Crippen LogP contribution in [0.25, 0.3) is 0 Å². The lowest BCUT2D eigenvalue weighted by molar-refractivity contribution is -0.116. The maximum Gasteiger partial charge on any atom is 0.248 e. The number of Topliss-reactive ketones (excluding diaryl/α,β-unsaturated/α-hetero) is 1. The SMILES string of the molecule is Cc1ccc(C(=O)CCC(=O)Nc2cc(C(N)=O)ccc2N2CCCCC2)s1. The second-order valence-electron chi connectivity index (χ2n) is 7.03. The van der Waals surface area contributed by atoms with Crippen LogP contribution in [0.5, 0.6) is 0 Å². The van der Waals surface area contributed by atoms with Gasteiger partial charge in [0.25, 0.3) is 0 Å². The summed E-state index contributed by atoms with van der Waals surface area (Å²) in [4.78, 5) is 40.2. The number of nitrogens with two attached hydrogens (primary N) is 1. The molecule has 28 heavy (non-hydrogen) atoms. The van der Waals surface area contributed by atoms with Crippen molar-refractivity contribution in [2.24, 2.45) is 5.73 Å². The third kappa shape index (κ3) is 4.98. The molecule has 2 amide bonds. The second kappa shape index (κ2) is 9.01. The minimum atomic E-state index is -0.538. The summed E-state index contributed by atoms with van der Waals surface area (Å²) in [6, 6.07) is 8.84. The van der Waals surface area contributed by atoms with Crippen LogP contribution in [-0.4, -0.2) is 30.7 Å². The monoisotopic (exact) mass is 399 g/mol. The Labute approximate surface area is 168 Å². The summed E-state index contributed by atoms with van der Waals surface area (Å²) in [6.45, 7) is 3.77. The molecule has 1 aromatic heterocycles. The van der Waals surface area contributed by atoms with Gasteiger partial charge in [0.15, 0.2) is 5.78 Å². The van der Waals surface area contributed by atoms with Gasteiger partial charge in [-0.05, 0) is 56.5 Å². The summed E-state index contributed by atoms with van der Waals surface area (Å²) < 4.78 is 0. The van der Waals surface area contributed by atoms with Crippen molar-refractivity contribution >= 4 is 40.3 Å². The molecule has 1 aliphatic heterocycles. The first kappa shape index (κ1) is 20.1. The average Bonchev–Trinajstić information content (AvgIpc) is 3.13. The van der Waals surface area contributed by atoms with Crippen molar-refractivity contribution < 1.29 is 14.4 Å². The number of primary amides is 1. The number of thiophene rings is 1. The topological polar surface area (TPSA) is 92.5 Å². The molecule has 2 aromatic rings. The molecule has 7 heteroatoms. The second-order valence-corrected chi connectivity index (χ2v) is 8.31. The van der Waals surface area contributed by atoms with E-state index >= 15 is 0 Å². The predicted molar refractivity (Wildman–Crippen MR) is 112 cm³/mol. The number of piperidine rings is 1. The fraction of sp³-hybridized carbons (Fsp3) is 0.381. The molecule has 0 spiro atoms. The molecule has 1 aromatic carbocycles. The molecule has 1 aliphatic rings. The number of hydrogen-bond acceptors (Lipinski definition) is 5. The van der Waals surface area contributed by atoms with Crippen LogP contribution in [0.1, 0.15) is 57.0 Å². The van der Waals surface area contributed by atoms with Gasteiger partial charge >= 0.3 is 0 Å². The van der Waals surface area contributed by atoms with Crippen LogP contribution in [0.15, 0.2) is 30.3 Å². The largest absolute Gasteiger partial charge is 0.370 e. The Morgan fingerprint density at radius 1 is 1.07 bits per heavy atom. The molecule has 2 heterocycles. The molecule has 1 fully saturated rings. The number of ketones is 1. The van der Waals surface area contributed by atoms with Crippen LogP contribution in [0.4, 0.5) is 11.4 Å². The molecule has 0 saturated carbocycles. The molecular formula is C21H25N3O3S. The zero-order valence-electron chi connectivity index (χ0n) is 16.0. The minimum Gasteiger partial charge on any atom is -0.370 e. The first-order valence-electron chi connectivity index (χ1n) is 9.52. The molecule has 0 atom stereocenters. The number of nitrogens with zero attached hydrogens (tertiary/aromatic N) is 1. The van der Waals surface area contributed by atoms with Crippen LogP contribution in [-0.2, 0) is 4.79 Å². The van der Waals surface area contributed by atoms with Gasteiger partial charge in [0, 0.05) is 36.4 Å². The van der Waals surface area contributed by atoms with Crippen molar-refractivity contribution in [3.8, 4) is 0 Å². The van der Waals surface area contributed by atoms with E-state index in [1.165, 1.54) is 17.8 Å². The number of aryl methyl sites for hydroxylation is 1. The Morgan fingerprint density at radius 3 is 2.46 bits per heavy atom. The van der Waals surface area contributed by atoms with E-state index in [0.717, 1.165) is 36.5 Å². The van der Waals surface area contributed by atoms with Crippen molar-refractivity contribution in [1.29, 1.82) is 0 Å². The molecule has 3 rings (SSSR count). The van der Waals surface area contributed by atoms with Crippen LogP contribution in [0.2, 0.25) is 0 Å². The minimum absolute atomic E-state index is 0.0320. The van der Waals surface area contributed by atoms with Crippen LogP contribution < -0.4 is 16.0 Å². The van der Waals surface area contributed by atoms with E-state index in [2.05, 4.69) is 10.2 Å². The summed E-state index contributed by atoms with van der Waals surface area (Å²) in [6.07, 6.45) is 3.64. The Balaban J connectivity index is 1.70. The van der Waals surface area contributed by atoms with E-state index in [1.54, 1.807) is 18.2 Å². The fourth-order valence-corrected chi connectivity index (χ4v) is 4.18. The fourth-order valence-electron chi connectivity index (χ4n) is 3.35. The van der Waals surface area contributed by atoms with Crippen molar-refractivity contribution in [3.05, 3.63) is 45.6 Å². The molecule has 0 radical (unpaired) electrons. The molecule has 148 valence electrons. The normalized spacial score (nSPS) is 14.0. The lowest BCUT2D eigenvalue weighted by atomic mass is 10.1. The van der Waals surface area contributed by atoms with E-state index in [-0.39, 0.29) is 24.5 Å². The van der Waals surface area contributed by atoms with Gasteiger partial charge in [-0.1, -0.05) is 0 Å². The highest BCUT2D eigenvalue weighted by atomic mass is 32.1. The van der Waals surface area contributed by atoms with E-state index in [9.17, 15) is 14.4 Å². The Kier molecular flexibility index (Phi) is 6.46. The first-order valence-corrected chi connectivity index (χ1v) is 10.3. The Bertz CT molecular complexity index is 885. The highest BCUT2D eigenvalue weighted by Crippen LogP contribution is 2.30. The van der Waals surface area contributed by atoms with Crippen LogP contribution >= 0.6 is 11.3 Å². The first-order chi connectivity index (χ1) is 13.4. The van der Waals surface area contributed by atoms with Gasteiger partial charge in [-0.15, -0.1) is 11.3 Å². The van der Waals surface area contributed by atoms with Gasteiger partial charge in [0.05, 0.1) is 16.3 Å². The van der Waals surface area contributed by atoms with Gasteiger partial charge in [-0.3, -0.25) is 14.4 Å². The highest BCUT2D eigenvalue weighted by Gasteiger charge is 2.18. The quantitative estimate of drug-likeness (QED) is 0.694. The third-order valence-corrected chi connectivity index (χ3v) is 5.89. The summed E-state index contributed by atoms with van der Waals surface area (Å²) in [7, 11) is 0. The summed E-state index contributed by atoms with van der Waals surface area (Å²) >= 11 is 1.44. The summed E-state index contributed by atoms with van der Waals surface area (Å²) in [5, 5.41) is 2.88. The van der Waals surface area contributed by atoms with Crippen molar-refractivity contribution in [3.63, 3.8) is 0 Å². The number of anilines is 2. The van der Waals surface area contributed by atoms with Crippen LogP contribution in [0.3, 0.4) is 0 Å². The third-order valence-electron chi connectivity index (χ3n) is 4.85. The number of benzene rings is 1. The maximum absolute atomic E-state index is 12.5. The smallest absolute Gasteiger partial charge is 0.248 e. The van der Waals surface area contributed by atoms with Crippen LogP contribution in [0, 0.1) is 6.92 Å². The predicted octanol–water partition coefficient (Wildman–Crippen LogP) is 3.75. The number of carbonyl (C=O) groups is 3. The van der Waals surface area contributed by atoms with E-state index in [0.29, 0.717) is 16.1 Å². The standard InChI is InChI=1S/C21H25N3O3S/c1-14-5-9-19(28-14)18(25)8-10-20(26)23-16-13-15(21(22)27)6-7-17(16)24-11-3-2-4-12-24/h5-7,9,13H,2-4,8,10-12H2,1H3,(H2,22,27)(H,23,26). The van der Waals surface area contributed by atoms with Crippen molar-refractivity contribution in [1.82, 2.24) is 0 Å². The Hall–Kier alpha value is -2.67. The van der Waals surface area contributed by atoms with E-state index in [4.69, 9.17) is 5.73 Å². The lowest BCUT2D eigenvalue weighted by Gasteiger charge is -2.30. The number of hydrogen-bond donors (Lipinski definition) is 2. The molecule has 1 saturated heterocycles. The van der Waals surface area contributed by atoms with Crippen molar-refractivity contribution in [2.75, 3.05) is 23.3 Å². The van der Waals surface area contributed by atoms with Gasteiger partial charge in [0.2, 0.25) is 11.8 Å². The molecule has 6 nitrogen and oxygen atoms in total. The van der Waals surface area contributed by atoms with E-state index in [1.807, 2.05) is 19.1 Å². The number of carbonyl (C=O) groups excluding carboxylic acids is 3. The highest BCUT2D eigenvalue weighted by molar-refractivity contribution is 7.14. The summed E-state index contributed by atoms with van der Waals surface area (Å²) in [5.74, 6) is -0.819. The van der Waals surface area contributed by atoms with Gasteiger partial charge in [-0.2, -0.15) is 0 Å². The molecule has 0 bridgehead atoms. The van der Waals surface area contributed by atoms with Gasteiger partial charge in [0.1, 0.15) is 0 Å². The maximum atomic E-state index is 12.5.